The fraction of sp³-hybridized carbons (Fsp3) is 0.154. The van der Waals surface area contributed by atoms with E-state index in [9.17, 15) is 9.59 Å². The van der Waals surface area contributed by atoms with E-state index in [4.69, 9.17) is 20.4 Å². The number of furan rings is 2. The topological polar surface area (TPSA) is 78.9 Å². The lowest BCUT2D eigenvalue weighted by molar-refractivity contribution is 0.0685. The number of amides is 2. The summed E-state index contributed by atoms with van der Waals surface area (Å²) in [4.78, 5) is 29.6. The summed E-state index contributed by atoms with van der Waals surface area (Å²) in [5.74, 6) is 0.306. The standard InChI is InChI=1S/C26H24ClN3O4/c1-29(2)23-12-11-19(28-25(31)21-8-3-4-9-22(21)27)15-18(23)16-30(17-20-7-5-13-33-20)26(32)24-10-6-14-34-24/h3-15H,16-17H2,1-2H3,(H,28,31). The summed E-state index contributed by atoms with van der Waals surface area (Å²) >= 11 is 6.17. The molecule has 2 heterocycles. The average molecular weight is 478 g/mol. The van der Waals surface area contributed by atoms with Crippen LogP contribution in [0.25, 0.3) is 0 Å². The first-order valence-electron chi connectivity index (χ1n) is 10.6. The summed E-state index contributed by atoms with van der Waals surface area (Å²) in [6.45, 7) is 0.527. The summed E-state index contributed by atoms with van der Waals surface area (Å²) in [6.07, 6.45) is 3.04. The number of carbonyl (C=O) groups excluding carboxylic acids is 2. The Morgan fingerprint density at radius 2 is 1.68 bits per heavy atom. The normalized spacial score (nSPS) is 10.7. The molecule has 0 aliphatic carbocycles. The first kappa shape index (κ1) is 23.2. The molecule has 1 N–H and O–H groups in total. The third-order valence-electron chi connectivity index (χ3n) is 5.24. The van der Waals surface area contributed by atoms with Crippen LogP contribution in [0.15, 0.2) is 88.1 Å². The van der Waals surface area contributed by atoms with Crippen molar-refractivity contribution in [3.8, 4) is 0 Å². The summed E-state index contributed by atoms with van der Waals surface area (Å²) < 4.78 is 10.8. The van der Waals surface area contributed by atoms with E-state index in [0.717, 1.165) is 11.3 Å². The molecule has 2 aromatic heterocycles. The first-order valence-corrected chi connectivity index (χ1v) is 11.0. The summed E-state index contributed by atoms with van der Waals surface area (Å²) in [5, 5.41) is 3.27. The minimum Gasteiger partial charge on any atom is -0.467 e. The zero-order chi connectivity index (χ0) is 24.1. The predicted octanol–water partition coefficient (Wildman–Crippen LogP) is 5.69. The smallest absolute Gasteiger partial charge is 0.290 e. The quantitative estimate of drug-likeness (QED) is 0.353. The van der Waals surface area contributed by atoms with E-state index in [-0.39, 0.29) is 30.7 Å². The molecule has 0 spiro atoms. The van der Waals surface area contributed by atoms with Gasteiger partial charge in [0.1, 0.15) is 5.76 Å². The molecule has 7 nitrogen and oxygen atoms in total. The highest BCUT2D eigenvalue weighted by atomic mass is 35.5. The SMILES string of the molecule is CN(C)c1ccc(NC(=O)c2ccccc2Cl)cc1CN(Cc1ccco1)C(=O)c1ccco1. The van der Waals surface area contributed by atoms with Gasteiger partial charge in [-0.2, -0.15) is 0 Å². The predicted molar refractivity (Wildman–Crippen MR) is 131 cm³/mol. The van der Waals surface area contributed by atoms with Gasteiger partial charge in [0.15, 0.2) is 5.76 Å². The van der Waals surface area contributed by atoms with Crippen LogP contribution in [-0.4, -0.2) is 30.8 Å². The minimum absolute atomic E-state index is 0.237. The Balaban J connectivity index is 1.64. The van der Waals surface area contributed by atoms with Gasteiger partial charge >= 0.3 is 0 Å². The highest BCUT2D eigenvalue weighted by Gasteiger charge is 2.22. The number of rotatable bonds is 8. The van der Waals surface area contributed by atoms with E-state index in [1.54, 1.807) is 53.6 Å². The number of carbonyl (C=O) groups is 2. The van der Waals surface area contributed by atoms with Gasteiger partial charge in [0.25, 0.3) is 11.8 Å². The highest BCUT2D eigenvalue weighted by Crippen LogP contribution is 2.27. The van der Waals surface area contributed by atoms with Crippen molar-refractivity contribution in [2.45, 2.75) is 13.1 Å². The van der Waals surface area contributed by atoms with Gasteiger partial charge in [-0.15, -0.1) is 0 Å². The van der Waals surface area contributed by atoms with E-state index in [1.165, 1.54) is 6.26 Å². The number of hydrogen-bond donors (Lipinski definition) is 1. The van der Waals surface area contributed by atoms with E-state index in [0.29, 0.717) is 22.0 Å². The largest absolute Gasteiger partial charge is 0.467 e. The van der Waals surface area contributed by atoms with Crippen LogP contribution in [-0.2, 0) is 13.1 Å². The summed E-state index contributed by atoms with van der Waals surface area (Å²) in [7, 11) is 3.85. The van der Waals surface area contributed by atoms with E-state index in [1.807, 2.05) is 43.3 Å². The van der Waals surface area contributed by atoms with E-state index < -0.39 is 0 Å². The number of anilines is 2. The third-order valence-corrected chi connectivity index (χ3v) is 5.57. The number of nitrogens with zero attached hydrogens (tertiary/aromatic N) is 2. The van der Waals surface area contributed by atoms with Gasteiger partial charge in [0.05, 0.1) is 29.7 Å². The Morgan fingerprint density at radius 3 is 2.35 bits per heavy atom. The van der Waals surface area contributed by atoms with Gasteiger partial charge in [0.2, 0.25) is 0 Å². The van der Waals surface area contributed by atoms with Crippen molar-refractivity contribution in [2.75, 3.05) is 24.3 Å². The van der Waals surface area contributed by atoms with Gasteiger partial charge in [-0.25, -0.2) is 0 Å². The molecule has 4 aromatic rings. The molecule has 0 aliphatic rings. The maximum absolute atomic E-state index is 13.2. The second-order valence-corrected chi connectivity index (χ2v) is 8.30. The van der Waals surface area contributed by atoms with Crippen LogP contribution in [0.3, 0.4) is 0 Å². The third kappa shape index (κ3) is 5.32. The fourth-order valence-corrected chi connectivity index (χ4v) is 3.84. The number of benzene rings is 2. The van der Waals surface area contributed by atoms with Gasteiger partial charge in [-0.3, -0.25) is 9.59 Å². The van der Waals surface area contributed by atoms with Crippen molar-refractivity contribution in [2.24, 2.45) is 0 Å². The lowest BCUT2D eigenvalue weighted by Crippen LogP contribution is -2.30. The number of halogens is 1. The monoisotopic (exact) mass is 477 g/mol. The van der Waals surface area contributed by atoms with E-state index in [2.05, 4.69) is 5.32 Å². The van der Waals surface area contributed by atoms with E-state index >= 15 is 0 Å². The molecule has 2 aromatic carbocycles. The van der Waals surface area contributed by atoms with Crippen molar-refractivity contribution in [3.05, 3.63) is 107 Å². The second kappa shape index (κ2) is 10.3. The van der Waals surface area contributed by atoms with Crippen molar-refractivity contribution >= 4 is 34.8 Å². The molecule has 4 rings (SSSR count). The average Bonchev–Trinajstić information content (AvgIpc) is 3.53. The van der Waals surface area contributed by atoms with Gasteiger partial charge < -0.3 is 24.0 Å². The molecule has 0 saturated heterocycles. The fourth-order valence-electron chi connectivity index (χ4n) is 3.62. The van der Waals surface area contributed by atoms with Crippen LogP contribution in [0.2, 0.25) is 5.02 Å². The van der Waals surface area contributed by atoms with Gasteiger partial charge in [-0.1, -0.05) is 23.7 Å². The maximum Gasteiger partial charge on any atom is 0.290 e. The molecule has 2 amide bonds. The van der Waals surface area contributed by atoms with Crippen molar-refractivity contribution in [1.29, 1.82) is 0 Å². The summed E-state index contributed by atoms with van der Waals surface area (Å²) in [5.41, 5.74) is 2.73. The molecule has 0 aliphatic heterocycles. The maximum atomic E-state index is 13.2. The summed E-state index contributed by atoms with van der Waals surface area (Å²) in [6, 6.07) is 19.3. The van der Waals surface area contributed by atoms with Gasteiger partial charge in [0, 0.05) is 32.0 Å². The Labute approximate surface area is 202 Å². The molecule has 174 valence electrons. The van der Waals surface area contributed by atoms with Crippen LogP contribution in [0.5, 0.6) is 0 Å². The molecular weight excluding hydrogens is 454 g/mol. The van der Waals surface area contributed by atoms with Crippen LogP contribution >= 0.6 is 11.6 Å². The Bertz CT molecular complexity index is 1270. The highest BCUT2D eigenvalue weighted by molar-refractivity contribution is 6.34. The molecule has 8 heteroatoms. The van der Waals surface area contributed by atoms with Crippen LogP contribution in [0.4, 0.5) is 11.4 Å². The molecule has 0 fully saturated rings. The van der Waals surface area contributed by atoms with Crippen molar-refractivity contribution < 1.29 is 18.4 Å². The molecule has 0 atom stereocenters. The van der Waals surface area contributed by atoms with Crippen LogP contribution in [0.1, 0.15) is 32.2 Å². The molecule has 0 saturated carbocycles. The molecule has 0 bridgehead atoms. The lowest BCUT2D eigenvalue weighted by Gasteiger charge is -2.25. The Morgan fingerprint density at radius 1 is 0.912 bits per heavy atom. The molecular formula is C26H24ClN3O4. The molecule has 34 heavy (non-hydrogen) atoms. The first-order chi connectivity index (χ1) is 16.4. The van der Waals surface area contributed by atoms with Crippen molar-refractivity contribution in [1.82, 2.24) is 4.90 Å². The van der Waals surface area contributed by atoms with Crippen molar-refractivity contribution in [3.63, 3.8) is 0 Å². The Kier molecular flexibility index (Phi) is 7.04. The Hall–Kier alpha value is -3.97. The lowest BCUT2D eigenvalue weighted by atomic mass is 10.1. The number of nitrogens with one attached hydrogen (secondary N) is 1. The molecule has 0 unspecified atom stereocenters. The van der Waals surface area contributed by atoms with Gasteiger partial charge in [-0.05, 0) is 60.2 Å². The minimum atomic E-state index is -0.312. The molecule has 0 radical (unpaired) electrons. The zero-order valence-electron chi connectivity index (χ0n) is 18.8. The number of hydrogen-bond acceptors (Lipinski definition) is 5. The van der Waals surface area contributed by atoms with Crippen LogP contribution < -0.4 is 10.2 Å². The zero-order valence-corrected chi connectivity index (χ0v) is 19.6. The van der Waals surface area contributed by atoms with Crippen LogP contribution in [0, 0.1) is 0 Å². The second-order valence-electron chi connectivity index (χ2n) is 7.89.